The number of fused-ring (bicyclic) bond motifs is 1. The van der Waals surface area contributed by atoms with Crippen LogP contribution in [-0.2, 0) is 20.8 Å². The van der Waals surface area contributed by atoms with Crippen molar-refractivity contribution < 1.29 is 24.2 Å². The molecule has 1 N–H and O–H groups in total. The summed E-state index contributed by atoms with van der Waals surface area (Å²) in [5.41, 5.74) is 4.02. The third-order valence-corrected chi connectivity index (χ3v) is 5.23. The fourth-order valence-electron chi connectivity index (χ4n) is 3.66. The van der Waals surface area contributed by atoms with Gasteiger partial charge in [-0.1, -0.05) is 0 Å². The van der Waals surface area contributed by atoms with Crippen molar-refractivity contribution in [1.29, 1.82) is 0 Å². The molecular weight excluding hydrogens is 348 g/mol. The van der Waals surface area contributed by atoms with Crippen molar-refractivity contribution in [3.8, 4) is 0 Å². The van der Waals surface area contributed by atoms with Crippen molar-refractivity contribution in [1.82, 2.24) is 9.47 Å². The maximum atomic E-state index is 12.9. The average Bonchev–Trinajstić information content (AvgIpc) is 2.89. The Balaban J connectivity index is 1.85. The van der Waals surface area contributed by atoms with Crippen LogP contribution in [0, 0.1) is 13.8 Å². The molecule has 0 bridgehead atoms. The minimum Gasteiger partial charge on any atom is -0.481 e. The molecule has 2 aromatic rings. The van der Waals surface area contributed by atoms with Crippen LogP contribution in [0.3, 0.4) is 0 Å². The maximum Gasteiger partial charge on any atom is 0.306 e. The maximum absolute atomic E-state index is 12.9. The summed E-state index contributed by atoms with van der Waals surface area (Å²) in [4.78, 5) is 25.5. The van der Waals surface area contributed by atoms with Gasteiger partial charge in [0.05, 0.1) is 25.7 Å². The number of carbonyl (C=O) groups is 2. The molecule has 1 aromatic heterocycles. The van der Waals surface area contributed by atoms with E-state index in [4.69, 9.17) is 14.6 Å². The molecule has 1 aromatic carbocycles. The van der Waals surface area contributed by atoms with E-state index in [9.17, 15) is 9.59 Å². The van der Waals surface area contributed by atoms with E-state index in [0.717, 1.165) is 23.0 Å². The third-order valence-electron chi connectivity index (χ3n) is 5.23. The van der Waals surface area contributed by atoms with Gasteiger partial charge in [0.25, 0.3) is 5.91 Å². The monoisotopic (exact) mass is 374 g/mol. The van der Waals surface area contributed by atoms with Gasteiger partial charge in [0.15, 0.2) is 0 Å². The number of benzene rings is 1. The quantitative estimate of drug-likeness (QED) is 0.839. The zero-order valence-electron chi connectivity index (χ0n) is 16.0. The number of rotatable bonds is 6. The lowest BCUT2D eigenvalue weighted by atomic mass is 10.1. The largest absolute Gasteiger partial charge is 0.481 e. The number of methoxy groups -OCH3 is 1. The van der Waals surface area contributed by atoms with E-state index in [0.29, 0.717) is 31.9 Å². The highest BCUT2D eigenvalue weighted by Crippen LogP contribution is 2.27. The number of aliphatic carboxylic acids is 1. The van der Waals surface area contributed by atoms with Crippen molar-refractivity contribution in [3.05, 3.63) is 35.0 Å². The second kappa shape index (κ2) is 8.10. The summed E-state index contributed by atoms with van der Waals surface area (Å²) < 4.78 is 12.9. The summed E-state index contributed by atoms with van der Waals surface area (Å²) in [6.07, 6.45) is -0.549. The molecule has 7 heteroatoms. The second-order valence-corrected chi connectivity index (χ2v) is 6.93. The lowest BCUT2D eigenvalue weighted by Crippen LogP contribution is -2.46. The molecule has 0 radical (unpaired) electrons. The first kappa shape index (κ1) is 19.4. The predicted octanol–water partition coefficient (Wildman–Crippen LogP) is 2.22. The minimum absolute atomic E-state index is 0.0858. The van der Waals surface area contributed by atoms with Gasteiger partial charge >= 0.3 is 5.97 Å². The van der Waals surface area contributed by atoms with E-state index < -0.39 is 12.1 Å². The van der Waals surface area contributed by atoms with E-state index in [1.54, 1.807) is 12.0 Å². The average molecular weight is 374 g/mol. The van der Waals surface area contributed by atoms with Gasteiger partial charge in [0.1, 0.15) is 0 Å². The molecular formula is C20H26N2O5. The second-order valence-electron chi connectivity index (χ2n) is 6.93. The fourth-order valence-corrected chi connectivity index (χ4v) is 3.66. The predicted molar refractivity (Wildman–Crippen MR) is 101 cm³/mol. The van der Waals surface area contributed by atoms with Crippen molar-refractivity contribution >= 4 is 22.8 Å². The van der Waals surface area contributed by atoms with Crippen LogP contribution in [0.5, 0.6) is 0 Å². The van der Waals surface area contributed by atoms with Crippen LogP contribution in [0.2, 0.25) is 0 Å². The Hall–Kier alpha value is -2.38. The Morgan fingerprint density at radius 1 is 1.33 bits per heavy atom. The van der Waals surface area contributed by atoms with Gasteiger partial charge in [-0.15, -0.1) is 0 Å². The molecule has 1 saturated heterocycles. The Morgan fingerprint density at radius 3 is 2.81 bits per heavy atom. The molecule has 27 heavy (non-hydrogen) atoms. The zero-order chi connectivity index (χ0) is 19.6. The van der Waals surface area contributed by atoms with Crippen LogP contribution < -0.4 is 0 Å². The highest BCUT2D eigenvalue weighted by molar-refractivity contribution is 5.99. The number of morpholine rings is 1. The van der Waals surface area contributed by atoms with E-state index in [1.807, 2.05) is 18.2 Å². The summed E-state index contributed by atoms with van der Waals surface area (Å²) in [6.45, 7) is 6.66. The highest BCUT2D eigenvalue weighted by Gasteiger charge is 2.27. The molecule has 1 fully saturated rings. The number of carboxylic acids is 1. The van der Waals surface area contributed by atoms with Gasteiger partial charge in [-0.05, 0) is 37.6 Å². The van der Waals surface area contributed by atoms with Crippen molar-refractivity contribution in [2.75, 3.05) is 33.4 Å². The van der Waals surface area contributed by atoms with Crippen LogP contribution in [0.1, 0.15) is 28.0 Å². The van der Waals surface area contributed by atoms with Crippen LogP contribution >= 0.6 is 0 Å². The van der Waals surface area contributed by atoms with Gasteiger partial charge in [-0.25, -0.2) is 0 Å². The Bertz CT molecular complexity index is 858. The minimum atomic E-state index is -0.917. The van der Waals surface area contributed by atoms with Crippen molar-refractivity contribution in [2.45, 2.75) is 32.9 Å². The van der Waals surface area contributed by atoms with Crippen LogP contribution in [-0.4, -0.2) is 66.0 Å². The highest BCUT2D eigenvalue weighted by atomic mass is 16.5. The molecule has 146 valence electrons. The van der Waals surface area contributed by atoms with Gasteiger partial charge in [0.2, 0.25) is 0 Å². The molecule has 1 amide bonds. The Morgan fingerprint density at radius 2 is 2.11 bits per heavy atom. The number of carbonyl (C=O) groups excluding carboxylic acids is 1. The molecule has 0 spiro atoms. The van der Waals surface area contributed by atoms with E-state index in [1.165, 1.54) is 5.69 Å². The molecule has 1 atom stereocenters. The first-order chi connectivity index (χ1) is 12.9. The van der Waals surface area contributed by atoms with Gasteiger partial charge in [-0.2, -0.15) is 0 Å². The summed E-state index contributed by atoms with van der Waals surface area (Å²) in [6, 6.07) is 5.76. The summed E-state index contributed by atoms with van der Waals surface area (Å²) in [7, 11) is 1.69. The van der Waals surface area contributed by atoms with E-state index in [-0.39, 0.29) is 12.3 Å². The summed E-state index contributed by atoms with van der Waals surface area (Å²) in [5.74, 6) is -1.00. The number of amides is 1. The zero-order valence-corrected chi connectivity index (χ0v) is 16.0. The molecule has 3 rings (SSSR count). The Kier molecular flexibility index (Phi) is 5.82. The molecule has 1 aliphatic heterocycles. The molecule has 2 heterocycles. The first-order valence-electron chi connectivity index (χ1n) is 9.13. The number of carboxylic acid groups (broad SMARTS) is 1. The molecule has 0 saturated carbocycles. The van der Waals surface area contributed by atoms with Gasteiger partial charge in [0, 0.05) is 48.9 Å². The number of nitrogens with zero attached hydrogens (tertiary/aromatic N) is 2. The molecule has 7 nitrogen and oxygen atoms in total. The van der Waals surface area contributed by atoms with Crippen LogP contribution in [0.15, 0.2) is 18.2 Å². The van der Waals surface area contributed by atoms with Crippen molar-refractivity contribution in [2.24, 2.45) is 0 Å². The molecule has 1 aliphatic rings. The topological polar surface area (TPSA) is 81.0 Å². The lowest BCUT2D eigenvalue weighted by Gasteiger charge is -2.32. The van der Waals surface area contributed by atoms with E-state index in [2.05, 4.69) is 18.4 Å². The number of aromatic nitrogens is 1. The van der Waals surface area contributed by atoms with Crippen molar-refractivity contribution in [3.63, 3.8) is 0 Å². The fraction of sp³-hybridized carbons (Fsp3) is 0.500. The normalized spacial score (nSPS) is 17.4. The summed E-state index contributed by atoms with van der Waals surface area (Å²) >= 11 is 0. The smallest absolute Gasteiger partial charge is 0.306 e. The van der Waals surface area contributed by atoms with Crippen LogP contribution in [0.25, 0.3) is 10.9 Å². The number of ether oxygens (including phenoxy) is 2. The summed E-state index contributed by atoms with van der Waals surface area (Å²) in [5, 5.41) is 10.0. The number of aryl methyl sites for hydroxylation is 1. The standard InChI is InChI=1S/C20H26N2O5/c1-13-14(2)22(7-8-26-3)18-5-4-15(10-17(13)18)20(25)21-6-9-27-16(12-21)11-19(23)24/h4-5,10,16H,6-9,11-12H2,1-3H3,(H,23,24). The third kappa shape index (κ3) is 3.99. The molecule has 1 unspecified atom stereocenters. The SMILES string of the molecule is COCCn1c(C)c(C)c2cc(C(=O)N3CCOC(CC(=O)O)C3)ccc21. The lowest BCUT2D eigenvalue weighted by molar-refractivity contribution is -0.141. The Labute approximate surface area is 158 Å². The van der Waals surface area contributed by atoms with E-state index >= 15 is 0 Å². The molecule has 0 aliphatic carbocycles. The first-order valence-corrected chi connectivity index (χ1v) is 9.13. The van der Waals surface area contributed by atoms with Gasteiger partial charge < -0.3 is 24.0 Å². The number of hydrogen-bond acceptors (Lipinski definition) is 4. The number of hydrogen-bond donors (Lipinski definition) is 1. The van der Waals surface area contributed by atoms with Gasteiger partial charge in [-0.3, -0.25) is 9.59 Å². The van der Waals surface area contributed by atoms with Crippen LogP contribution in [0.4, 0.5) is 0 Å².